The van der Waals surface area contributed by atoms with Gasteiger partial charge in [0.15, 0.2) is 5.16 Å². The highest BCUT2D eigenvalue weighted by atomic mass is 32.2. The Hall–Kier alpha value is -2.55. The number of nitrogens with one attached hydrogen (secondary N) is 2. The minimum Gasteiger partial charge on any atom is -0.467 e. The third-order valence-electron chi connectivity index (χ3n) is 3.57. The Balaban J connectivity index is 1.61. The fourth-order valence-corrected chi connectivity index (χ4v) is 3.00. The van der Waals surface area contributed by atoms with E-state index in [4.69, 9.17) is 4.42 Å². The first-order valence-corrected chi connectivity index (χ1v) is 8.92. The highest BCUT2D eigenvalue weighted by Gasteiger charge is 2.30. The molecule has 2 heterocycles. The Morgan fingerprint density at radius 2 is 2.28 bits per heavy atom. The summed E-state index contributed by atoms with van der Waals surface area (Å²) in [6.45, 7) is 4.32. The van der Waals surface area contributed by atoms with E-state index in [1.165, 1.54) is 17.8 Å². The van der Waals surface area contributed by atoms with E-state index in [-0.39, 0.29) is 5.75 Å². The Morgan fingerprint density at radius 1 is 1.44 bits per heavy atom. The number of thioether (sulfide) groups is 1. The number of hydrogen-bond acceptors (Lipinski definition) is 6. The zero-order chi connectivity index (χ0) is 17.6. The molecule has 1 saturated carbocycles. The van der Waals surface area contributed by atoms with Crippen LogP contribution < -0.4 is 10.6 Å². The van der Waals surface area contributed by atoms with E-state index < -0.39 is 11.9 Å². The van der Waals surface area contributed by atoms with Crippen molar-refractivity contribution in [3.8, 4) is 0 Å². The Kier molecular flexibility index (Phi) is 5.54. The number of nitrogens with zero attached hydrogens (tertiary/aromatic N) is 3. The molecule has 1 fully saturated rings. The molecule has 0 spiro atoms. The quantitative estimate of drug-likeness (QED) is 0.550. The summed E-state index contributed by atoms with van der Waals surface area (Å²) in [6.07, 6.45) is 5.36. The van der Waals surface area contributed by atoms with Crippen LogP contribution in [0.3, 0.4) is 0 Å². The number of amides is 3. The molecule has 8 nitrogen and oxygen atoms in total. The molecule has 3 rings (SSSR count). The molecule has 1 aliphatic carbocycles. The van der Waals surface area contributed by atoms with Crippen molar-refractivity contribution in [2.45, 2.75) is 30.5 Å². The highest BCUT2D eigenvalue weighted by Crippen LogP contribution is 2.40. The summed E-state index contributed by atoms with van der Waals surface area (Å²) in [4.78, 5) is 23.3. The van der Waals surface area contributed by atoms with Crippen LogP contribution in [-0.4, -0.2) is 39.0 Å². The van der Waals surface area contributed by atoms with Gasteiger partial charge in [-0.05, 0) is 25.0 Å². The van der Waals surface area contributed by atoms with Crippen molar-refractivity contribution < 1.29 is 14.0 Å². The van der Waals surface area contributed by atoms with E-state index in [0.717, 1.165) is 24.4 Å². The molecule has 0 aliphatic heterocycles. The molecule has 25 heavy (non-hydrogen) atoms. The molecule has 0 bridgehead atoms. The van der Waals surface area contributed by atoms with Gasteiger partial charge < -0.3 is 9.73 Å². The first-order valence-electron chi connectivity index (χ1n) is 7.94. The fraction of sp³-hybridized carbons (Fsp3) is 0.375. The maximum absolute atomic E-state index is 11.9. The first kappa shape index (κ1) is 17.3. The predicted octanol–water partition coefficient (Wildman–Crippen LogP) is 1.90. The highest BCUT2D eigenvalue weighted by molar-refractivity contribution is 7.99. The molecule has 2 aromatic rings. The average molecular weight is 361 g/mol. The first-order chi connectivity index (χ1) is 12.2. The zero-order valence-electron chi connectivity index (χ0n) is 13.6. The van der Waals surface area contributed by atoms with Crippen LogP contribution in [0.25, 0.3) is 0 Å². The summed E-state index contributed by atoms with van der Waals surface area (Å²) < 4.78 is 7.39. The summed E-state index contributed by atoms with van der Waals surface area (Å²) in [7, 11) is 0. The van der Waals surface area contributed by atoms with Gasteiger partial charge in [-0.25, -0.2) is 4.79 Å². The molecule has 0 saturated heterocycles. The topological polar surface area (TPSA) is 102 Å². The van der Waals surface area contributed by atoms with Crippen LogP contribution in [0.4, 0.5) is 4.79 Å². The minimum atomic E-state index is -0.541. The van der Waals surface area contributed by atoms with Crippen molar-refractivity contribution in [1.29, 1.82) is 0 Å². The molecule has 2 N–H and O–H groups in total. The summed E-state index contributed by atoms with van der Waals surface area (Å²) in [5.74, 6) is 1.82. The van der Waals surface area contributed by atoms with E-state index in [2.05, 4.69) is 27.4 Å². The number of urea groups is 1. The lowest BCUT2D eigenvalue weighted by molar-refractivity contribution is -0.117. The van der Waals surface area contributed by atoms with E-state index >= 15 is 0 Å². The molecule has 0 radical (unpaired) electrons. The number of furan rings is 1. The van der Waals surface area contributed by atoms with Crippen molar-refractivity contribution >= 4 is 23.7 Å². The third kappa shape index (κ3) is 4.72. The average Bonchev–Trinajstić information content (AvgIpc) is 3.16. The smallest absolute Gasteiger partial charge is 0.321 e. The molecule has 0 atom stereocenters. The van der Waals surface area contributed by atoms with Crippen LogP contribution in [0.15, 0.2) is 40.6 Å². The van der Waals surface area contributed by atoms with Gasteiger partial charge in [-0.15, -0.1) is 16.8 Å². The number of imide groups is 1. The molecule has 0 unspecified atom stereocenters. The number of carbonyl (C=O) groups is 2. The van der Waals surface area contributed by atoms with Gasteiger partial charge in [0.05, 0.1) is 18.6 Å². The van der Waals surface area contributed by atoms with Gasteiger partial charge in [0.1, 0.15) is 11.6 Å². The number of hydrogen-bond donors (Lipinski definition) is 2. The lowest BCUT2D eigenvalue weighted by atomic mass is 10.3. The second kappa shape index (κ2) is 8.02. The van der Waals surface area contributed by atoms with Gasteiger partial charge in [-0.1, -0.05) is 17.8 Å². The number of aromatic nitrogens is 3. The van der Waals surface area contributed by atoms with Crippen LogP contribution in [0.1, 0.15) is 30.3 Å². The largest absolute Gasteiger partial charge is 0.467 e. The number of rotatable bonds is 8. The Morgan fingerprint density at radius 3 is 2.96 bits per heavy atom. The SMILES string of the molecule is C=CCNC(=O)NC(=O)CSc1nnc(C2CC2)n1Cc1ccco1. The van der Waals surface area contributed by atoms with Gasteiger partial charge >= 0.3 is 6.03 Å². The van der Waals surface area contributed by atoms with Gasteiger partial charge in [0.2, 0.25) is 5.91 Å². The molecule has 1 aliphatic rings. The van der Waals surface area contributed by atoms with Crippen LogP contribution in [0.5, 0.6) is 0 Å². The third-order valence-corrected chi connectivity index (χ3v) is 4.54. The molecular formula is C16H19N5O3S. The predicted molar refractivity (Wildman–Crippen MR) is 92.3 cm³/mol. The summed E-state index contributed by atoms with van der Waals surface area (Å²) >= 11 is 1.24. The fourth-order valence-electron chi connectivity index (χ4n) is 2.26. The van der Waals surface area contributed by atoms with Crippen LogP contribution in [-0.2, 0) is 11.3 Å². The zero-order valence-corrected chi connectivity index (χ0v) is 14.4. The lowest BCUT2D eigenvalue weighted by Gasteiger charge is -2.08. The second-order valence-corrected chi connectivity index (χ2v) is 6.56. The molecule has 2 aromatic heterocycles. The van der Waals surface area contributed by atoms with E-state index in [0.29, 0.717) is 24.2 Å². The maximum atomic E-state index is 11.9. The summed E-state index contributed by atoms with van der Waals surface area (Å²) in [5, 5.41) is 13.8. The van der Waals surface area contributed by atoms with Gasteiger partial charge in [0.25, 0.3) is 0 Å². The molecule has 3 amide bonds. The van der Waals surface area contributed by atoms with E-state index in [9.17, 15) is 9.59 Å². The Bertz CT molecular complexity index is 752. The van der Waals surface area contributed by atoms with Gasteiger partial charge in [-0.3, -0.25) is 14.7 Å². The van der Waals surface area contributed by atoms with E-state index in [1.54, 1.807) is 6.26 Å². The molecule has 9 heteroatoms. The van der Waals surface area contributed by atoms with Crippen LogP contribution >= 0.6 is 11.8 Å². The molecule has 132 valence electrons. The Labute approximate surface area is 149 Å². The molecular weight excluding hydrogens is 342 g/mol. The minimum absolute atomic E-state index is 0.0719. The monoisotopic (exact) mass is 361 g/mol. The van der Waals surface area contributed by atoms with Gasteiger partial charge in [0, 0.05) is 12.5 Å². The van der Waals surface area contributed by atoms with E-state index in [1.807, 2.05) is 16.7 Å². The van der Waals surface area contributed by atoms with Crippen molar-refractivity contribution in [3.63, 3.8) is 0 Å². The normalized spacial score (nSPS) is 13.4. The van der Waals surface area contributed by atoms with Crippen molar-refractivity contribution in [2.75, 3.05) is 12.3 Å². The molecule has 0 aromatic carbocycles. The summed E-state index contributed by atoms with van der Waals surface area (Å²) in [6, 6.07) is 3.18. The van der Waals surface area contributed by atoms with Crippen molar-refractivity contribution in [1.82, 2.24) is 25.4 Å². The maximum Gasteiger partial charge on any atom is 0.321 e. The summed E-state index contributed by atoms with van der Waals surface area (Å²) in [5.41, 5.74) is 0. The van der Waals surface area contributed by atoms with Crippen molar-refractivity contribution in [2.24, 2.45) is 0 Å². The standard InChI is InChI=1S/C16H19N5O3S/c1-2-7-17-15(23)18-13(22)10-25-16-20-19-14(11-5-6-11)21(16)9-12-4-3-8-24-12/h2-4,8,11H,1,5-7,9-10H2,(H2,17,18,22,23). The number of carbonyl (C=O) groups excluding carboxylic acids is 2. The lowest BCUT2D eigenvalue weighted by Crippen LogP contribution is -2.40. The van der Waals surface area contributed by atoms with Gasteiger partial charge in [-0.2, -0.15) is 0 Å². The van der Waals surface area contributed by atoms with Crippen molar-refractivity contribution in [3.05, 3.63) is 42.6 Å². The second-order valence-electron chi connectivity index (χ2n) is 5.62. The van der Waals surface area contributed by atoms with Crippen LogP contribution in [0.2, 0.25) is 0 Å². The van der Waals surface area contributed by atoms with Crippen LogP contribution in [0, 0.1) is 0 Å².